The van der Waals surface area contributed by atoms with Gasteiger partial charge in [-0.3, -0.25) is 0 Å². The monoisotopic (exact) mass is 269 g/mol. The lowest BCUT2D eigenvalue weighted by atomic mass is 9.88. The first-order chi connectivity index (χ1) is 8.13. The van der Waals surface area contributed by atoms with Crippen LogP contribution in [0.15, 0.2) is 29.3 Å². The highest BCUT2D eigenvalue weighted by molar-refractivity contribution is 6.42. The fourth-order valence-electron chi connectivity index (χ4n) is 2.23. The predicted molar refractivity (Wildman–Crippen MR) is 74.8 cm³/mol. The number of hydrogen-bond acceptors (Lipinski definition) is 1. The van der Waals surface area contributed by atoms with E-state index < -0.39 is 0 Å². The van der Waals surface area contributed by atoms with Gasteiger partial charge in [0, 0.05) is 5.92 Å². The van der Waals surface area contributed by atoms with Gasteiger partial charge in [0.1, 0.15) is 0 Å². The SMILES string of the molecule is CC(=C1CC1)C(CCN)c1ccc(Cl)c(Cl)c1. The quantitative estimate of drug-likeness (QED) is 0.799. The summed E-state index contributed by atoms with van der Waals surface area (Å²) >= 11 is 12.0. The number of rotatable bonds is 4. The maximum atomic E-state index is 6.08. The molecule has 1 fully saturated rings. The number of nitrogens with two attached hydrogens (primary N) is 1. The number of allylic oxidation sites excluding steroid dienone is 2. The van der Waals surface area contributed by atoms with Gasteiger partial charge in [-0.1, -0.05) is 40.4 Å². The number of hydrogen-bond donors (Lipinski definition) is 1. The van der Waals surface area contributed by atoms with Gasteiger partial charge >= 0.3 is 0 Å². The van der Waals surface area contributed by atoms with Gasteiger partial charge in [-0.2, -0.15) is 0 Å². The molecular weight excluding hydrogens is 253 g/mol. The third kappa shape index (κ3) is 3.04. The van der Waals surface area contributed by atoms with Gasteiger partial charge in [-0.05, 0) is 50.4 Å². The average molecular weight is 270 g/mol. The van der Waals surface area contributed by atoms with Crippen molar-refractivity contribution in [2.75, 3.05) is 6.54 Å². The van der Waals surface area contributed by atoms with E-state index in [0.717, 1.165) is 6.42 Å². The molecule has 1 aliphatic carbocycles. The van der Waals surface area contributed by atoms with Crippen LogP contribution in [0.2, 0.25) is 10.0 Å². The van der Waals surface area contributed by atoms with Crippen molar-refractivity contribution in [3.8, 4) is 0 Å². The van der Waals surface area contributed by atoms with E-state index in [9.17, 15) is 0 Å². The second-order valence-corrected chi connectivity index (χ2v) is 5.40. The summed E-state index contributed by atoms with van der Waals surface area (Å²) < 4.78 is 0. The molecule has 0 saturated heterocycles. The van der Waals surface area contributed by atoms with Crippen LogP contribution in [-0.4, -0.2) is 6.54 Å². The van der Waals surface area contributed by atoms with Crippen LogP contribution in [0, 0.1) is 0 Å². The zero-order chi connectivity index (χ0) is 12.4. The lowest BCUT2D eigenvalue weighted by Crippen LogP contribution is -2.09. The minimum atomic E-state index is 0.396. The molecule has 0 aromatic heterocycles. The van der Waals surface area contributed by atoms with E-state index in [2.05, 4.69) is 13.0 Å². The summed E-state index contributed by atoms with van der Waals surface area (Å²) in [7, 11) is 0. The van der Waals surface area contributed by atoms with Gasteiger partial charge in [0.25, 0.3) is 0 Å². The molecule has 1 aliphatic rings. The van der Waals surface area contributed by atoms with E-state index >= 15 is 0 Å². The molecule has 3 heteroatoms. The Balaban J connectivity index is 2.32. The van der Waals surface area contributed by atoms with Crippen LogP contribution >= 0.6 is 23.2 Å². The highest BCUT2D eigenvalue weighted by Crippen LogP contribution is 2.40. The zero-order valence-corrected chi connectivity index (χ0v) is 11.5. The standard InChI is InChI=1S/C14H17Cl2N/c1-9(10-2-3-10)12(6-7-17)11-4-5-13(15)14(16)8-11/h4-5,8,12H,2-3,6-7,17H2,1H3. The van der Waals surface area contributed by atoms with E-state index in [4.69, 9.17) is 28.9 Å². The Kier molecular flexibility index (Phi) is 4.13. The van der Waals surface area contributed by atoms with E-state index in [0.29, 0.717) is 22.5 Å². The predicted octanol–water partition coefficient (Wildman–Crippen LogP) is 4.54. The van der Waals surface area contributed by atoms with Crippen LogP contribution in [0.25, 0.3) is 0 Å². The Morgan fingerprint density at radius 2 is 2.00 bits per heavy atom. The lowest BCUT2D eigenvalue weighted by Gasteiger charge is -2.18. The molecule has 0 spiro atoms. The largest absolute Gasteiger partial charge is 0.330 e. The molecule has 2 rings (SSSR count). The average Bonchev–Trinajstić information content (AvgIpc) is 3.13. The van der Waals surface area contributed by atoms with E-state index in [1.807, 2.05) is 12.1 Å². The number of halogens is 2. The molecule has 0 radical (unpaired) electrons. The molecule has 1 nitrogen and oxygen atoms in total. The van der Waals surface area contributed by atoms with Gasteiger partial charge < -0.3 is 5.73 Å². The lowest BCUT2D eigenvalue weighted by molar-refractivity contribution is 0.710. The molecule has 0 aliphatic heterocycles. The van der Waals surface area contributed by atoms with Crippen molar-refractivity contribution in [1.29, 1.82) is 0 Å². The summed E-state index contributed by atoms with van der Waals surface area (Å²) in [6.07, 6.45) is 3.45. The van der Waals surface area contributed by atoms with Crippen molar-refractivity contribution >= 4 is 23.2 Å². The number of benzene rings is 1. The second-order valence-electron chi connectivity index (χ2n) is 4.59. The highest BCUT2D eigenvalue weighted by atomic mass is 35.5. The molecule has 0 heterocycles. The fraction of sp³-hybridized carbons (Fsp3) is 0.429. The van der Waals surface area contributed by atoms with Crippen molar-refractivity contribution in [2.24, 2.45) is 5.73 Å². The van der Waals surface area contributed by atoms with Crippen LogP contribution in [0.1, 0.15) is 37.7 Å². The molecule has 0 amide bonds. The Morgan fingerprint density at radius 3 is 2.53 bits per heavy atom. The Morgan fingerprint density at radius 1 is 1.29 bits per heavy atom. The molecule has 1 saturated carbocycles. The maximum Gasteiger partial charge on any atom is 0.0595 e. The first-order valence-electron chi connectivity index (χ1n) is 5.97. The van der Waals surface area contributed by atoms with Crippen LogP contribution in [0.4, 0.5) is 0 Å². The third-order valence-electron chi connectivity index (χ3n) is 3.38. The molecular formula is C14H17Cl2N. The van der Waals surface area contributed by atoms with Crippen LogP contribution in [-0.2, 0) is 0 Å². The zero-order valence-electron chi connectivity index (χ0n) is 9.97. The summed E-state index contributed by atoms with van der Waals surface area (Å²) in [5, 5.41) is 1.23. The van der Waals surface area contributed by atoms with Gasteiger partial charge in [0.2, 0.25) is 0 Å². The van der Waals surface area contributed by atoms with Gasteiger partial charge in [0.15, 0.2) is 0 Å². The van der Waals surface area contributed by atoms with Crippen molar-refractivity contribution in [1.82, 2.24) is 0 Å². The van der Waals surface area contributed by atoms with Gasteiger partial charge in [0.05, 0.1) is 10.0 Å². The normalized spacial score (nSPS) is 15.9. The highest BCUT2D eigenvalue weighted by Gasteiger charge is 2.22. The van der Waals surface area contributed by atoms with Crippen LogP contribution in [0.3, 0.4) is 0 Å². The van der Waals surface area contributed by atoms with E-state index in [1.54, 1.807) is 5.57 Å². The summed E-state index contributed by atoms with van der Waals surface area (Å²) in [5.74, 6) is 0.396. The van der Waals surface area contributed by atoms with E-state index in [1.165, 1.54) is 24.0 Å². The van der Waals surface area contributed by atoms with Gasteiger partial charge in [-0.25, -0.2) is 0 Å². The minimum absolute atomic E-state index is 0.396. The fourth-order valence-corrected chi connectivity index (χ4v) is 2.54. The van der Waals surface area contributed by atoms with Crippen molar-refractivity contribution in [2.45, 2.75) is 32.1 Å². The van der Waals surface area contributed by atoms with Crippen molar-refractivity contribution in [3.05, 3.63) is 45.0 Å². The molecule has 0 bridgehead atoms. The van der Waals surface area contributed by atoms with Crippen molar-refractivity contribution < 1.29 is 0 Å². The molecule has 1 aromatic rings. The van der Waals surface area contributed by atoms with Gasteiger partial charge in [-0.15, -0.1) is 0 Å². The topological polar surface area (TPSA) is 26.0 Å². The van der Waals surface area contributed by atoms with Crippen molar-refractivity contribution in [3.63, 3.8) is 0 Å². The summed E-state index contributed by atoms with van der Waals surface area (Å²) in [5.41, 5.74) is 9.98. The molecule has 92 valence electrons. The maximum absolute atomic E-state index is 6.08. The second kappa shape index (κ2) is 5.43. The first kappa shape index (κ1) is 12.9. The molecule has 17 heavy (non-hydrogen) atoms. The summed E-state index contributed by atoms with van der Waals surface area (Å²) in [4.78, 5) is 0. The smallest absolute Gasteiger partial charge is 0.0595 e. The molecule has 1 atom stereocenters. The molecule has 1 unspecified atom stereocenters. The Bertz CT molecular complexity index is 446. The minimum Gasteiger partial charge on any atom is -0.330 e. The molecule has 1 aromatic carbocycles. The van der Waals surface area contributed by atoms with Crippen LogP contribution < -0.4 is 5.73 Å². The summed E-state index contributed by atoms with van der Waals surface area (Å²) in [6, 6.07) is 5.89. The molecule has 2 N–H and O–H groups in total. The van der Waals surface area contributed by atoms with Crippen LogP contribution in [0.5, 0.6) is 0 Å². The Labute approximate surface area is 113 Å². The summed E-state index contributed by atoms with van der Waals surface area (Å²) in [6.45, 7) is 2.90. The third-order valence-corrected chi connectivity index (χ3v) is 4.12. The van der Waals surface area contributed by atoms with E-state index in [-0.39, 0.29) is 0 Å². The Hall–Kier alpha value is -0.500. The first-order valence-corrected chi connectivity index (χ1v) is 6.72.